The molecule has 0 saturated carbocycles. The van der Waals surface area contributed by atoms with Gasteiger partial charge in [0.2, 0.25) is 0 Å². The fourth-order valence-electron chi connectivity index (χ4n) is 4.83. The van der Waals surface area contributed by atoms with Crippen LogP contribution in [0.4, 0.5) is 16.3 Å². The van der Waals surface area contributed by atoms with Crippen LogP contribution in [0.1, 0.15) is 18.9 Å². The van der Waals surface area contributed by atoms with Gasteiger partial charge in [0.25, 0.3) is 0 Å². The number of ether oxygens (including phenoxy) is 2. The molecular formula is C25H34N8O3. The molecule has 0 bridgehead atoms. The maximum Gasteiger partial charge on any atom is 0.318 e. The zero-order chi connectivity index (χ0) is 24.9. The third kappa shape index (κ3) is 5.28. The quantitative estimate of drug-likeness (QED) is 0.515. The number of likely N-dealkylation sites (tertiary alicyclic amines) is 1. The Hall–Kier alpha value is -3.28. The number of urea groups is 1. The van der Waals surface area contributed by atoms with E-state index in [4.69, 9.17) is 24.5 Å². The number of piperidine rings is 1. The molecule has 11 nitrogen and oxygen atoms in total. The Morgan fingerprint density at radius 2 is 1.86 bits per heavy atom. The molecule has 2 aliphatic heterocycles. The summed E-state index contributed by atoms with van der Waals surface area (Å²) in [5, 5.41) is 11.1. The summed E-state index contributed by atoms with van der Waals surface area (Å²) in [4.78, 5) is 26.4. The zero-order valence-electron chi connectivity index (χ0n) is 20.9. The molecule has 5 rings (SSSR count). The lowest BCUT2D eigenvalue weighted by Crippen LogP contribution is -2.37. The standard InChI is InChI=1S/C25H34N8O3/c1-26-25(34)28-19-5-3-18(4-6-19)22-29-23(32-12-15-36-16-13-32)21-17-27-33(24(21)30-22)20-7-9-31(10-8-20)11-14-35-2/h3-6,17,20H,7-16H2,1-2H3,(H2,26,28,34). The number of rotatable bonds is 7. The van der Waals surface area contributed by atoms with Crippen molar-refractivity contribution in [2.75, 3.05) is 76.9 Å². The van der Waals surface area contributed by atoms with Crippen LogP contribution in [0, 0.1) is 0 Å². The van der Waals surface area contributed by atoms with Crippen molar-refractivity contribution in [3.05, 3.63) is 30.5 Å². The fourth-order valence-corrected chi connectivity index (χ4v) is 4.83. The second-order valence-electron chi connectivity index (χ2n) is 9.14. The Balaban J connectivity index is 1.47. The van der Waals surface area contributed by atoms with Crippen LogP contribution in [0.25, 0.3) is 22.4 Å². The summed E-state index contributed by atoms with van der Waals surface area (Å²) in [6.45, 7) is 6.66. The summed E-state index contributed by atoms with van der Waals surface area (Å²) >= 11 is 0. The van der Waals surface area contributed by atoms with Gasteiger partial charge in [-0.05, 0) is 37.1 Å². The highest BCUT2D eigenvalue weighted by molar-refractivity contribution is 5.90. The van der Waals surface area contributed by atoms with Gasteiger partial charge in [0.05, 0.1) is 37.4 Å². The second kappa shape index (κ2) is 11.2. The van der Waals surface area contributed by atoms with E-state index in [0.29, 0.717) is 30.8 Å². The zero-order valence-corrected chi connectivity index (χ0v) is 20.9. The number of methoxy groups -OCH3 is 1. The van der Waals surface area contributed by atoms with Crippen LogP contribution in [0.15, 0.2) is 30.5 Å². The SMILES string of the molecule is CNC(=O)Nc1ccc(-c2nc(N3CCOCC3)c3cnn(C4CCN(CCOC)CC4)c3n2)cc1. The van der Waals surface area contributed by atoms with Gasteiger partial charge >= 0.3 is 6.03 Å². The summed E-state index contributed by atoms with van der Waals surface area (Å²) in [6, 6.07) is 7.63. The Bertz CT molecular complexity index is 1170. The van der Waals surface area contributed by atoms with Gasteiger partial charge in [0.15, 0.2) is 11.5 Å². The van der Waals surface area contributed by atoms with Crippen LogP contribution >= 0.6 is 0 Å². The van der Waals surface area contributed by atoms with Crippen LogP contribution in [-0.2, 0) is 9.47 Å². The predicted molar refractivity (Wildman–Crippen MR) is 138 cm³/mol. The van der Waals surface area contributed by atoms with Crippen molar-refractivity contribution in [3.8, 4) is 11.4 Å². The number of nitrogens with one attached hydrogen (secondary N) is 2. The van der Waals surface area contributed by atoms with Crippen molar-refractivity contribution in [3.63, 3.8) is 0 Å². The maximum atomic E-state index is 11.7. The van der Waals surface area contributed by atoms with Gasteiger partial charge < -0.3 is 29.9 Å². The summed E-state index contributed by atoms with van der Waals surface area (Å²) < 4.78 is 12.9. The molecule has 2 aromatic heterocycles. The van der Waals surface area contributed by atoms with Crippen molar-refractivity contribution >= 4 is 28.6 Å². The lowest BCUT2D eigenvalue weighted by atomic mass is 10.1. The van der Waals surface area contributed by atoms with Crippen molar-refractivity contribution in [2.45, 2.75) is 18.9 Å². The molecule has 2 amide bonds. The Labute approximate surface area is 210 Å². The highest BCUT2D eigenvalue weighted by atomic mass is 16.5. The van der Waals surface area contributed by atoms with Gasteiger partial charge in [0, 0.05) is 58.1 Å². The van der Waals surface area contributed by atoms with Crippen LogP contribution in [0.2, 0.25) is 0 Å². The van der Waals surface area contributed by atoms with E-state index in [9.17, 15) is 4.79 Å². The number of hydrogen-bond donors (Lipinski definition) is 2. The van der Waals surface area contributed by atoms with Crippen LogP contribution in [-0.4, -0.2) is 97.4 Å². The predicted octanol–water partition coefficient (Wildman–Crippen LogP) is 2.36. The molecule has 192 valence electrons. The number of amides is 2. The van der Waals surface area contributed by atoms with Crippen molar-refractivity contribution in [1.29, 1.82) is 0 Å². The van der Waals surface area contributed by atoms with E-state index in [1.807, 2.05) is 30.5 Å². The molecule has 2 fully saturated rings. The monoisotopic (exact) mass is 494 g/mol. The average molecular weight is 495 g/mol. The second-order valence-corrected chi connectivity index (χ2v) is 9.14. The molecule has 0 spiro atoms. The number of benzene rings is 1. The average Bonchev–Trinajstić information content (AvgIpc) is 3.36. The number of hydrogen-bond acceptors (Lipinski definition) is 8. The Morgan fingerprint density at radius 1 is 1.11 bits per heavy atom. The number of carbonyl (C=O) groups is 1. The normalized spacial score (nSPS) is 17.4. The number of fused-ring (bicyclic) bond motifs is 1. The number of nitrogens with zero attached hydrogens (tertiary/aromatic N) is 6. The largest absolute Gasteiger partial charge is 0.383 e. The first kappa shape index (κ1) is 24.4. The molecule has 0 unspecified atom stereocenters. The van der Waals surface area contributed by atoms with E-state index in [1.165, 1.54) is 0 Å². The third-order valence-corrected chi connectivity index (χ3v) is 6.89. The van der Waals surface area contributed by atoms with E-state index in [1.54, 1.807) is 14.2 Å². The molecule has 11 heteroatoms. The third-order valence-electron chi connectivity index (χ3n) is 6.89. The van der Waals surface area contributed by atoms with Gasteiger partial charge in [-0.15, -0.1) is 0 Å². The van der Waals surface area contributed by atoms with E-state index >= 15 is 0 Å². The minimum atomic E-state index is -0.257. The highest BCUT2D eigenvalue weighted by Gasteiger charge is 2.26. The van der Waals surface area contributed by atoms with E-state index in [0.717, 1.165) is 74.6 Å². The van der Waals surface area contributed by atoms with Gasteiger partial charge in [-0.1, -0.05) is 0 Å². The molecule has 1 aromatic carbocycles. The molecule has 2 N–H and O–H groups in total. The number of carbonyl (C=O) groups excluding carboxylic acids is 1. The maximum absolute atomic E-state index is 11.7. The molecule has 4 heterocycles. The molecule has 2 saturated heterocycles. The number of morpholine rings is 1. The Kier molecular flexibility index (Phi) is 7.59. The first-order valence-electron chi connectivity index (χ1n) is 12.5. The van der Waals surface area contributed by atoms with Crippen molar-refractivity contribution in [2.24, 2.45) is 0 Å². The summed E-state index contributed by atoms with van der Waals surface area (Å²) in [5.41, 5.74) is 2.46. The van der Waals surface area contributed by atoms with Gasteiger partial charge in [-0.25, -0.2) is 19.4 Å². The fraction of sp³-hybridized carbons (Fsp3) is 0.520. The first-order valence-corrected chi connectivity index (χ1v) is 12.5. The smallest absolute Gasteiger partial charge is 0.318 e. The molecular weight excluding hydrogens is 460 g/mol. The van der Waals surface area contributed by atoms with Gasteiger partial charge in [0.1, 0.15) is 5.82 Å². The first-order chi connectivity index (χ1) is 17.7. The minimum absolute atomic E-state index is 0.257. The van der Waals surface area contributed by atoms with E-state index in [2.05, 4.69) is 25.1 Å². The molecule has 0 aliphatic carbocycles. The van der Waals surface area contributed by atoms with Crippen molar-refractivity contribution in [1.82, 2.24) is 30.0 Å². The van der Waals surface area contributed by atoms with Crippen LogP contribution < -0.4 is 15.5 Å². The molecule has 0 atom stereocenters. The van der Waals surface area contributed by atoms with Gasteiger partial charge in [-0.3, -0.25) is 0 Å². The highest BCUT2D eigenvalue weighted by Crippen LogP contribution is 2.32. The topological polar surface area (TPSA) is 110 Å². The van der Waals surface area contributed by atoms with Crippen LogP contribution in [0.3, 0.4) is 0 Å². The number of anilines is 2. The van der Waals surface area contributed by atoms with Gasteiger partial charge in [-0.2, -0.15) is 5.10 Å². The summed E-state index contributed by atoms with van der Waals surface area (Å²) in [7, 11) is 3.34. The molecule has 0 radical (unpaired) electrons. The van der Waals surface area contributed by atoms with E-state index < -0.39 is 0 Å². The summed E-state index contributed by atoms with van der Waals surface area (Å²) in [6.07, 6.45) is 3.96. The van der Waals surface area contributed by atoms with Crippen molar-refractivity contribution < 1.29 is 14.3 Å². The summed E-state index contributed by atoms with van der Waals surface area (Å²) in [5.74, 6) is 1.55. The number of aromatic nitrogens is 4. The lowest BCUT2D eigenvalue weighted by Gasteiger charge is -2.32. The molecule has 2 aliphatic rings. The molecule has 36 heavy (non-hydrogen) atoms. The van der Waals surface area contributed by atoms with Crippen LogP contribution in [0.5, 0.6) is 0 Å². The molecule has 3 aromatic rings. The lowest BCUT2D eigenvalue weighted by molar-refractivity contribution is 0.120. The Morgan fingerprint density at radius 3 is 2.56 bits per heavy atom. The minimum Gasteiger partial charge on any atom is -0.383 e. The van der Waals surface area contributed by atoms with E-state index in [-0.39, 0.29) is 6.03 Å².